The lowest BCUT2D eigenvalue weighted by Gasteiger charge is -2.07. The second-order valence-electron chi connectivity index (χ2n) is 6.29. The highest BCUT2D eigenvalue weighted by Gasteiger charge is 2.14. The Bertz CT molecular complexity index is 1130. The Balaban J connectivity index is 1.49. The summed E-state index contributed by atoms with van der Waals surface area (Å²) >= 11 is 0. The lowest BCUT2D eigenvalue weighted by molar-refractivity contribution is -0.115. The number of rotatable bonds is 4. The summed E-state index contributed by atoms with van der Waals surface area (Å²) in [6.07, 6.45) is 3.27. The molecule has 4 aromatic rings. The standard InChI is InChI=1S/C19H18N6O2/c1-11-12(2)25(13(3)22-11)19-20-9-14(10-21-19)23-18(26)8-16-15-6-4-5-7-17(15)27-24-16/h4-7,9-10H,8H2,1-3H3,(H,23,26). The number of nitrogens with zero attached hydrogens (tertiary/aromatic N) is 5. The molecule has 3 heterocycles. The molecule has 0 saturated carbocycles. The van der Waals surface area contributed by atoms with Gasteiger partial charge in [0.25, 0.3) is 0 Å². The fourth-order valence-corrected chi connectivity index (χ4v) is 3.00. The first kappa shape index (κ1) is 16.9. The Morgan fingerprint density at radius 3 is 2.59 bits per heavy atom. The summed E-state index contributed by atoms with van der Waals surface area (Å²) < 4.78 is 7.10. The third-order valence-electron chi connectivity index (χ3n) is 4.41. The second-order valence-corrected chi connectivity index (χ2v) is 6.29. The number of anilines is 1. The summed E-state index contributed by atoms with van der Waals surface area (Å²) in [5.41, 5.74) is 3.70. The van der Waals surface area contributed by atoms with Crippen molar-refractivity contribution in [3.05, 3.63) is 59.6 Å². The number of hydrogen-bond acceptors (Lipinski definition) is 6. The predicted molar refractivity (Wildman–Crippen MR) is 99.7 cm³/mol. The smallest absolute Gasteiger partial charge is 0.235 e. The van der Waals surface area contributed by atoms with Crippen molar-refractivity contribution in [1.82, 2.24) is 24.7 Å². The zero-order valence-corrected chi connectivity index (χ0v) is 15.2. The van der Waals surface area contributed by atoms with Crippen molar-refractivity contribution in [1.29, 1.82) is 0 Å². The molecule has 0 aliphatic heterocycles. The first-order valence-electron chi connectivity index (χ1n) is 8.51. The van der Waals surface area contributed by atoms with Crippen LogP contribution in [-0.2, 0) is 11.2 Å². The molecule has 1 aromatic carbocycles. The van der Waals surface area contributed by atoms with Gasteiger partial charge >= 0.3 is 0 Å². The molecule has 0 aliphatic carbocycles. The van der Waals surface area contributed by atoms with E-state index in [4.69, 9.17) is 4.52 Å². The van der Waals surface area contributed by atoms with E-state index in [0.717, 1.165) is 22.6 Å². The number of para-hydroxylation sites is 1. The van der Waals surface area contributed by atoms with Crippen molar-refractivity contribution in [2.24, 2.45) is 0 Å². The molecule has 0 fully saturated rings. The van der Waals surface area contributed by atoms with Crippen LogP contribution in [-0.4, -0.2) is 30.6 Å². The van der Waals surface area contributed by atoms with Crippen LogP contribution in [0.15, 0.2) is 41.2 Å². The number of amides is 1. The summed E-state index contributed by atoms with van der Waals surface area (Å²) in [6.45, 7) is 5.82. The Labute approximate surface area is 155 Å². The minimum Gasteiger partial charge on any atom is -0.356 e. The highest BCUT2D eigenvalue weighted by molar-refractivity contribution is 5.94. The van der Waals surface area contributed by atoms with Gasteiger partial charge in [0.1, 0.15) is 11.5 Å². The van der Waals surface area contributed by atoms with Crippen molar-refractivity contribution in [3.63, 3.8) is 0 Å². The van der Waals surface area contributed by atoms with Gasteiger partial charge in [0.15, 0.2) is 5.58 Å². The maximum atomic E-state index is 12.3. The Hall–Kier alpha value is -3.55. The number of fused-ring (bicyclic) bond motifs is 1. The molecule has 0 atom stereocenters. The Morgan fingerprint density at radius 2 is 1.89 bits per heavy atom. The lowest BCUT2D eigenvalue weighted by atomic mass is 10.1. The zero-order chi connectivity index (χ0) is 19.0. The number of aryl methyl sites for hydroxylation is 2. The number of imidazole rings is 1. The molecule has 0 aliphatic rings. The van der Waals surface area contributed by atoms with Crippen molar-refractivity contribution in [2.75, 3.05) is 5.32 Å². The summed E-state index contributed by atoms with van der Waals surface area (Å²) in [5.74, 6) is 1.13. The minimum absolute atomic E-state index is 0.109. The molecule has 1 amide bonds. The van der Waals surface area contributed by atoms with Gasteiger partial charge in [0.05, 0.1) is 30.2 Å². The van der Waals surface area contributed by atoms with E-state index in [1.807, 2.05) is 49.6 Å². The van der Waals surface area contributed by atoms with Gasteiger partial charge in [-0.15, -0.1) is 0 Å². The molecule has 1 N–H and O–H groups in total. The molecule has 0 radical (unpaired) electrons. The van der Waals surface area contributed by atoms with Crippen LogP contribution in [0.5, 0.6) is 0 Å². The number of aromatic nitrogens is 5. The number of carbonyl (C=O) groups excluding carboxylic acids is 1. The molecule has 136 valence electrons. The van der Waals surface area contributed by atoms with E-state index in [1.165, 1.54) is 0 Å². The summed E-state index contributed by atoms with van der Waals surface area (Å²) in [5, 5.41) is 7.60. The lowest BCUT2D eigenvalue weighted by Crippen LogP contribution is -2.15. The number of carbonyl (C=O) groups is 1. The summed E-state index contributed by atoms with van der Waals surface area (Å²) in [6, 6.07) is 7.44. The van der Waals surface area contributed by atoms with E-state index in [1.54, 1.807) is 12.4 Å². The molecular weight excluding hydrogens is 344 g/mol. The average molecular weight is 362 g/mol. The monoisotopic (exact) mass is 362 g/mol. The largest absolute Gasteiger partial charge is 0.356 e. The SMILES string of the molecule is Cc1nc(C)n(-c2ncc(NC(=O)Cc3noc4ccccc34)cn2)c1C. The maximum Gasteiger partial charge on any atom is 0.235 e. The van der Waals surface area contributed by atoms with Gasteiger partial charge in [-0.1, -0.05) is 17.3 Å². The topological polar surface area (TPSA) is 98.7 Å². The normalized spacial score (nSPS) is 11.1. The number of benzene rings is 1. The Morgan fingerprint density at radius 1 is 1.15 bits per heavy atom. The van der Waals surface area contributed by atoms with E-state index >= 15 is 0 Å². The predicted octanol–water partition coefficient (Wildman–Crippen LogP) is 2.91. The highest BCUT2D eigenvalue weighted by Crippen LogP contribution is 2.19. The quantitative estimate of drug-likeness (QED) is 0.599. The van der Waals surface area contributed by atoms with E-state index in [-0.39, 0.29) is 12.3 Å². The van der Waals surface area contributed by atoms with E-state index < -0.39 is 0 Å². The molecule has 0 saturated heterocycles. The van der Waals surface area contributed by atoms with Gasteiger partial charge in [0, 0.05) is 11.1 Å². The molecule has 8 heteroatoms. The van der Waals surface area contributed by atoms with Crippen molar-refractivity contribution in [3.8, 4) is 5.95 Å². The van der Waals surface area contributed by atoms with Crippen LogP contribution in [0.4, 0.5) is 5.69 Å². The first-order valence-corrected chi connectivity index (χ1v) is 8.51. The Kier molecular flexibility index (Phi) is 4.15. The zero-order valence-electron chi connectivity index (χ0n) is 15.2. The fraction of sp³-hybridized carbons (Fsp3) is 0.211. The van der Waals surface area contributed by atoms with E-state index in [0.29, 0.717) is 22.9 Å². The van der Waals surface area contributed by atoms with Crippen molar-refractivity contribution in [2.45, 2.75) is 27.2 Å². The molecular formula is C19H18N6O2. The fourth-order valence-electron chi connectivity index (χ4n) is 3.00. The third-order valence-corrected chi connectivity index (χ3v) is 4.41. The van der Waals surface area contributed by atoms with Gasteiger partial charge in [-0.05, 0) is 32.9 Å². The summed E-state index contributed by atoms with van der Waals surface area (Å²) in [4.78, 5) is 25.4. The number of hydrogen-bond donors (Lipinski definition) is 1. The second kappa shape index (κ2) is 6.64. The average Bonchev–Trinajstić information content (AvgIpc) is 3.17. The molecule has 0 bridgehead atoms. The van der Waals surface area contributed by atoms with Crippen LogP contribution in [0, 0.1) is 20.8 Å². The van der Waals surface area contributed by atoms with Gasteiger partial charge in [-0.2, -0.15) is 0 Å². The van der Waals surface area contributed by atoms with Crippen LogP contribution in [0.25, 0.3) is 16.9 Å². The molecule has 4 rings (SSSR count). The minimum atomic E-state index is -0.212. The van der Waals surface area contributed by atoms with Crippen LogP contribution in [0.1, 0.15) is 22.9 Å². The van der Waals surface area contributed by atoms with Crippen molar-refractivity contribution < 1.29 is 9.32 Å². The van der Waals surface area contributed by atoms with Crippen LogP contribution in [0.2, 0.25) is 0 Å². The maximum absolute atomic E-state index is 12.3. The van der Waals surface area contributed by atoms with Crippen LogP contribution in [0.3, 0.4) is 0 Å². The van der Waals surface area contributed by atoms with Crippen molar-refractivity contribution >= 4 is 22.6 Å². The van der Waals surface area contributed by atoms with Gasteiger partial charge in [0.2, 0.25) is 11.9 Å². The first-order chi connectivity index (χ1) is 13.0. The third kappa shape index (κ3) is 3.17. The molecule has 0 spiro atoms. The highest BCUT2D eigenvalue weighted by atomic mass is 16.5. The molecule has 0 unspecified atom stereocenters. The molecule has 3 aromatic heterocycles. The number of nitrogens with one attached hydrogen (secondary N) is 1. The van der Waals surface area contributed by atoms with Gasteiger partial charge < -0.3 is 9.84 Å². The molecule has 8 nitrogen and oxygen atoms in total. The molecule has 27 heavy (non-hydrogen) atoms. The van der Waals surface area contributed by atoms with Crippen LogP contribution < -0.4 is 5.32 Å². The van der Waals surface area contributed by atoms with E-state index in [9.17, 15) is 4.79 Å². The van der Waals surface area contributed by atoms with Gasteiger partial charge in [-0.25, -0.2) is 15.0 Å². The summed E-state index contributed by atoms with van der Waals surface area (Å²) in [7, 11) is 0. The van der Waals surface area contributed by atoms with Gasteiger partial charge in [-0.3, -0.25) is 9.36 Å². The van der Waals surface area contributed by atoms with Crippen LogP contribution >= 0.6 is 0 Å². The van der Waals surface area contributed by atoms with E-state index in [2.05, 4.69) is 25.4 Å².